The number of hydrogen-bond donors (Lipinski definition) is 0. The van der Waals surface area contributed by atoms with Crippen molar-refractivity contribution in [1.82, 2.24) is 0 Å². The Bertz CT molecular complexity index is 2800. The monoisotopic (exact) mass is 601 g/mol. The molecule has 0 saturated heterocycles. The molecule has 0 radical (unpaired) electrons. The van der Waals surface area contributed by atoms with Crippen LogP contribution >= 0.6 is 0 Å². The van der Waals surface area contributed by atoms with Gasteiger partial charge >= 0.3 is 0 Å². The van der Waals surface area contributed by atoms with Gasteiger partial charge in [0.15, 0.2) is 5.58 Å². The number of furan rings is 2. The van der Waals surface area contributed by atoms with E-state index in [-0.39, 0.29) is 0 Å². The summed E-state index contributed by atoms with van der Waals surface area (Å²) in [7, 11) is 0. The van der Waals surface area contributed by atoms with Crippen LogP contribution in [0.1, 0.15) is 0 Å². The highest BCUT2D eigenvalue weighted by Crippen LogP contribution is 2.45. The van der Waals surface area contributed by atoms with E-state index in [9.17, 15) is 0 Å². The third kappa shape index (κ3) is 4.07. The van der Waals surface area contributed by atoms with Gasteiger partial charge in [-0.2, -0.15) is 0 Å². The van der Waals surface area contributed by atoms with Gasteiger partial charge in [-0.25, -0.2) is 0 Å². The molecule has 0 aliphatic carbocycles. The molecule has 2 aromatic heterocycles. The van der Waals surface area contributed by atoms with Crippen LogP contribution in [0.2, 0.25) is 0 Å². The molecule has 0 aliphatic rings. The van der Waals surface area contributed by atoms with Crippen molar-refractivity contribution >= 4 is 82.5 Å². The molecule has 10 rings (SSSR count). The van der Waals surface area contributed by atoms with Crippen molar-refractivity contribution in [3.63, 3.8) is 0 Å². The van der Waals surface area contributed by atoms with Crippen molar-refractivity contribution in [2.75, 3.05) is 4.90 Å². The van der Waals surface area contributed by atoms with Crippen molar-refractivity contribution in [3.05, 3.63) is 164 Å². The smallest absolute Gasteiger partial charge is 0.159 e. The summed E-state index contributed by atoms with van der Waals surface area (Å²) in [5.41, 5.74) is 8.94. The lowest BCUT2D eigenvalue weighted by Gasteiger charge is -2.26. The Labute approximate surface area is 270 Å². The average Bonchev–Trinajstić information content (AvgIpc) is 3.71. The zero-order valence-corrected chi connectivity index (χ0v) is 25.4. The average molecular weight is 602 g/mol. The fraction of sp³-hybridized carbons (Fsp3) is 0. The van der Waals surface area contributed by atoms with Gasteiger partial charge in [-0.3, -0.25) is 0 Å². The summed E-state index contributed by atoms with van der Waals surface area (Å²) in [6, 6.07) is 57.9. The number of hydrogen-bond acceptors (Lipinski definition) is 3. The summed E-state index contributed by atoms with van der Waals surface area (Å²) >= 11 is 0. The van der Waals surface area contributed by atoms with Crippen LogP contribution < -0.4 is 4.90 Å². The standard InChI is InChI=1S/C44H27NO2/c1-2-10-31-26-32(17-16-28(31)8-1)29-18-21-33(22-19-29)45(34-23-25-42-39(27-34)36-12-5-6-15-41(36)46-42)40-14-7-13-37-38-24-20-30-9-3-4-11-35(30)43(38)47-44(37)40/h1-27H. The van der Waals surface area contributed by atoms with Crippen LogP contribution in [0.15, 0.2) is 173 Å². The molecular weight excluding hydrogens is 574 g/mol. The minimum absolute atomic E-state index is 0.856. The van der Waals surface area contributed by atoms with Gasteiger partial charge < -0.3 is 13.7 Å². The van der Waals surface area contributed by atoms with E-state index in [1.807, 2.05) is 12.1 Å². The molecule has 0 amide bonds. The first-order valence-electron chi connectivity index (χ1n) is 15.9. The van der Waals surface area contributed by atoms with E-state index in [2.05, 4.69) is 157 Å². The first kappa shape index (κ1) is 26.0. The van der Waals surface area contributed by atoms with Crippen molar-refractivity contribution < 1.29 is 8.83 Å². The Kier molecular flexibility index (Phi) is 5.57. The Morgan fingerprint density at radius 2 is 1.00 bits per heavy atom. The van der Waals surface area contributed by atoms with E-state index in [0.717, 1.165) is 66.3 Å². The molecule has 0 fully saturated rings. The van der Waals surface area contributed by atoms with E-state index >= 15 is 0 Å². The molecule has 8 aromatic carbocycles. The van der Waals surface area contributed by atoms with E-state index in [4.69, 9.17) is 8.83 Å². The number of anilines is 3. The van der Waals surface area contributed by atoms with E-state index in [1.54, 1.807) is 0 Å². The lowest BCUT2D eigenvalue weighted by atomic mass is 10.0. The lowest BCUT2D eigenvalue weighted by molar-refractivity contribution is 0.669. The molecule has 10 aromatic rings. The largest absolute Gasteiger partial charge is 0.456 e. The molecular formula is C44H27NO2. The molecule has 220 valence electrons. The summed E-state index contributed by atoms with van der Waals surface area (Å²) in [5.74, 6) is 0. The van der Waals surface area contributed by atoms with Crippen LogP contribution in [0.5, 0.6) is 0 Å². The Morgan fingerprint density at radius 1 is 0.340 bits per heavy atom. The minimum Gasteiger partial charge on any atom is -0.456 e. The highest BCUT2D eigenvalue weighted by Gasteiger charge is 2.21. The Balaban J connectivity index is 1.19. The second-order valence-corrected chi connectivity index (χ2v) is 12.1. The normalized spacial score (nSPS) is 11.8. The number of para-hydroxylation sites is 2. The Morgan fingerprint density at radius 3 is 1.89 bits per heavy atom. The summed E-state index contributed by atoms with van der Waals surface area (Å²) in [6.07, 6.45) is 0. The zero-order valence-electron chi connectivity index (χ0n) is 25.4. The van der Waals surface area contributed by atoms with E-state index in [1.165, 1.54) is 27.3 Å². The lowest BCUT2D eigenvalue weighted by Crippen LogP contribution is -2.10. The van der Waals surface area contributed by atoms with Crippen molar-refractivity contribution in [3.8, 4) is 11.1 Å². The quantitative estimate of drug-likeness (QED) is 0.201. The van der Waals surface area contributed by atoms with Crippen molar-refractivity contribution in [1.29, 1.82) is 0 Å². The van der Waals surface area contributed by atoms with Crippen LogP contribution in [-0.2, 0) is 0 Å². The van der Waals surface area contributed by atoms with Crippen LogP contribution in [-0.4, -0.2) is 0 Å². The SMILES string of the molecule is c1ccc2cc(-c3ccc(N(c4ccc5oc6ccccc6c5c4)c4cccc5c4oc4c6ccccc6ccc54)cc3)ccc2c1. The highest BCUT2D eigenvalue weighted by molar-refractivity contribution is 6.17. The number of benzene rings is 8. The zero-order chi connectivity index (χ0) is 30.9. The first-order valence-corrected chi connectivity index (χ1v) is 15.9. The molecule has 3 nitrogen and oxygen atoms in total. The maximum absolute atomic E-state index is 6.84. The third-order valence-electron chi connectivity index (χ3n) is 9.44. The second-order valence-electron chi connectivity index (χ2n) is 12.1. The molecule has 0 bridgehead atoms. The summed E-state index contributed by atoms with van der Waals surface area (Å²) in [6.45, 7) is 0. The van der Waals surface area contributed by atoms with Crippen LogP contribution in [0.4, 0.5) is 17.1 Å². The molecule has 3 heteroatoms. The van der Waals surface area contributed by atoms with E-state index in [0.29, 0.717) is 0 Å². The number of nitrogens with zero attached hydrogens (tertiary/aromatic N) is 1. The first-order chi connectivity index (χ1) is 23.3. The van der Waals surface area contributed by atoms with Gasteiger partial charge in [0.1, 0.15) is 16.7 Å². The van der Waals surface area contributed by atoms with Gasteiger partial charge in [-0.1, -0.05) is 109 Å². The van der Waals surface area contributed by atoms with Gasteiger partial charge in [-0.15, -0.1) is 0 Å². The van der Waals surface area contributed by atoms with Gasteiger partial charge in [0.25, 0.3) is 0 Å². The van der Waals surface area contributed by atoms with Crippen LogP contribution in [0.25, 0.3) is 76.5 Å². The summed E-state index contributed by atoms with van der Waals surface area (Å²) < 4.78 is 13.0. The predicted molar refractivity (Wildman–Crippen MR) is 196 cm³/mol. The van der Waals surface area contributed by atoms with E-state index < -0.39 is 0 Å². The van der Waals surface area contributed by atoms with Crippen molar-refractivity contribution in [2.45, 2.75) is 0 Å². The molecule has 0 unspecified atom stereocenters. The fourth-order valence-corrected chi connectivity index (χ4v) is 7.14. The maximum Gasteiger partial charge on any atom is 0.159 e. The highest BCUT2D eigenvalue weighted by atomic mass is 16.3. The summed E-state index contributed by atoms with van der Waals surface area (Å²) in [5, 5.41) is 9.15. The minimum atomic E-state index is 0.856. The third-order valence-corrected chi connectivity index (χ3v) is 9.44. The van der Waals surface area contributed by atoms with Gasteiger partial charge in [0.05, 0.1) is 5.69 Å². The molecule has 47 heavy (non-hydrogen) atoms. The summed E-state index contributed by atoms with van der Waals surface area (Å²) in [4.78, 5) is 2.30. The Hall–Kier alpha value is -6.32. The maximum atomic E-state index is 6.84. The predicted octanol–water partition coefficient (Wildman–Crippen LogP) is 12.9. The second kappa shape index (κ2) is 10.1. The van der Waals surface area contributed by atoms with Crippen LogP contribution in [0, 0.1) is 0 Å². The molecule has 2 heterocycles. The number of fused-ring (bicyclic) bond motifs is 9. The topological polar surface area (TPSA) is 29.5 Å². The fourth-order valence-electron chi connectivity index (χ4n) is 7.14. The number of rotatable bonds is 4. The molecule has 0 saturated carbocycles. The van der Waals surface area contributed by atoms with Gasteiger partial charge in [0, 0.05) is 38.3 Å². The van der Waals surface area contributed by atoms with Crippen molar-refractivity contribution in [2.24, 2.45) is 0 Å². The van der Waals surface area contributed by atoms with Crippen LogP contribution in [0.3, 0.4) is 0 Å². The molecule has 0 N–H and O–H groups in total. The van der Waals surface area contributed by atoms with Gasteiger partial charge in [-0.05, 0) is 81.9 Å². The van der Waals surface area contributed by atoms with Gasteiger partial charge in [0.2, 0.25) is 0 Å². The molecule has 0 aliphatic heterocycles. The molecule has 0 spiro atoms. The molecule has 0 atom stereocenters.